The molecule has 0 saturated carbocycles. The third-order valence-electron chi connectivity index (χ3n) is 4.55. The smallest absolute Gasteiger partial charge is 0.0190 e. The highest BCUT2D eigenvalue weighted by molar-refractivity contribution is 5.64. The van der Waals surface area contributed by atoms with Crippen molar-refractivity contribution in [2.75, 3.05) is 0 Å². The van der Waals surface area contributed by atoms with E-state index in [0.717, 1.165) is 0 Å². The zero-order valence-corrected chi connectivity index (χ0v) is 10.6. The van der Waals surface area contributed by atoms with E-state index in [1.807, 2.05) is 0 Å². The molecule has 4 rings (SSSR count). The molecular weight excluding hydrogens is 216 g/mol. The second kappa shape index (κ2) is 3.35. The van der Waals surface area contributed by atoms with Crippen molar-refractivity contribution in [2.24, 2.45) is 5.41 Å². The van der Waals surface area contributed by atoms with E-state index in [9.17, 15) is 0 Å². The topological polar surface area (TPSA) is 0 Å². The van der Waals surface area contributed by atoms with Crippen LogP contribution in [0.1, 0.15) is 35.1 Å². The van der Waals surface area contributed by atoms with E-state index in [4.69, 9.17) is 0 Å². The third kappa shape index (κ3) is 1.21. The summed E-state index contributed by atoms with van der Waals surface area (Å²) in [4.78, 5) is 0. The van der Waals surface area contributed by atoms with Crippen molar-refractivity contribution in [1.29, 1.82) is 0 Å². The first kappa shape index (κ1) is 10.1. The molecule has 0 saturated heterocycles. The normalized spacial score (nSPS) is 27.5. The summed E-state index contributed by atoms with van der Waals surface area (Å²) in [5.41, 5.74) is 6.19. The predicted octanol–water partition coefficient (Wildman–Crippen LogP) is 4.41. The molecule has 0 aliphatic heterocycles. The van der Waals surface area contributed by atoms with Crippen LogP contribution in [0.25, 0.3) is 6.08 Å². The molecular formula is C18H16. The first-order valence-corrected chi connectivity index (χ1v) is 6.64. The standard InChI is InChI=1S/C18H16/c1-18-11-10-13-6-2-4-8-15(13)17(18)16-9-5-3-7-14(16)12-18/h2-11,17H,12H2,1H3. The summed E-state index contributed by atoms with van der Waals surface area (Å²) >= 11 is 0. The van der Waals surface area contributed by atoms with E-state index in [-0.39, 0.29) is 5.41 Å². The lowest BCUT2D eigenvalue weighted by atomic mass is 9.69. The summed E-state index contributed by atoms with van der Waals surface area (Å²) in [5.74, 6) is 0.537. The Morgan fingerprint density at radius 1 is 0.944 bits per heavy atom. The largest absolute Gasteiger partial charge is 0.0767 e. The number of allylic oxidation sites excluding steroid dienone is 1. The fourth-order valence-corrected chi connectivity index (χ4v) is 3.73. The molecule has 0 aromatic heterocycles. The molecule has 2 atom stereocenters. The molecule has 0 heterocycles. The molecule has 2 unspecified atom stereocenters. The summed E-state index contributed by atoms with van der Waals surface area (Å²) < 4.78 is 0. The number of hydrogen-bond acceptors (Lipinski definition) is 0. The number of hydrogen-bond donors (Lipinski definition) is 0. The van der Waals surface area contributed by atoms with Crippen LogP contribution in [0, 0.1) is 5.41 Å². The van der Waals surface area contributed by atoms with Crippen LogP contribution in [0.4, 0.5) is 0 Å². The summed E-state index contributed by atoms with van der Waals surface area (Å²) in [6.07, 6.45) is 5.89. The van der Waals surface area contributed by atoms with E-state index in [2.05, 4.69) is 67.6 Å². The molecule has 0 spiro atoms. The van der Waals surface area contributed by atoms with Gasteiger partial charge in [-0.3, -0.25) is 0 Å². The van der Waals surface area contributed by atoms with Crippen LogP contribution in [0.2, 0.25) is 0 Å². The maximum Gasteiger partial charge on any atom is 0.0190 e. The third-order valence-corrected chi connectivity index (χ3v) is 4.55. The number of rotatable bonds is 0. The minimum atomic E-state index is 0.262. The monoisotopic (exact) mass is 232 g/mol. The van der Waals surface area contributed by atoms with Crippen molar-refractivity contribution in [3.05, 3.63) is 76.9 Å². The zero-order valence-electron chi connectivity index (χ0n) is 10.6. The van der Waals surface area contributed by atoms with E-state index in [1.54, 1.807) is 0 Å². The van der Waals surface area contributed by atoms with Crippen molar-refractivity contribution in [3.63, 3.8) is 0 Å². The molecule has 0 heteroatoms. The first-order chi connectivity index (χ1) is 8.78. The Morgan fingerprint density at radius 2 is 1.67 bits per heavy atom. The number of fused-ring (bicyclic) bond motifs is 5. The molecule has 0 fully saturated rings. The van der Waals surface area contributed by atoms with Crippen LogP contribution < -0.4 is 0 Å². The van der Waals surface area contributed by atoms with E-state index in [0.29, 0.717) is 5.92 Å². The zero-order chi connectivity index (χ0) is 12.2. The summed E-state index contributed by atoms with van der Waals surface area (Å²) in [7, 11) is 0. The van der Waals surface area contributed by atoms with Crippen LogP contribution in [-0.2, 0) is 6.42 Å². The molecule has 18 heavy (non-hydrogen) atoms. The predicted molar refractivity (Wildman–Crippen MR) is 75.6 cm³/mol. The van der Waals surface area contributed by atoms with Gasteiger partial charge in [0, 0.05) is 11.3 Å². The Bertz CT molecular complexity index is 651. The van der Waals surface area contributed by atoms with Crippen molar-refractivity contribution < 1.29 is 0 Å². The number of benzene rings is 2. The second-order valence-electron chi connectivity index (χ2n) is 5.78. The molecule has 0 amide bonds. The van der Waals surface area contributed by atoms with E-state index < -0.39 is 0 Å². The van der Waals surface area contributed by atoms with Crippen LogP contribution in [0.5, 0.6) is 0 Å². The molecule has 2 aliphatic rings. The van der Waals surface area contributed by atoms with Crippen molar-refractivity contribution in [2.45, 2.75) is 19.3 Å². The van der Waals surface area contributed by atoms with Gasteiger partial charge in [0.15, 0.2) is 0 Å². The van der Waals surface area contributed by atoms with Crippen molar-refractivity contribution in [1.82, 2.24) is 0 Å². The molecule has 2 aromatic carbocycles. The van der Waals surface area contributed by atoms with Gasteiger partial charge in [-0.15, -0.1) is 0 Å². The van der Waals surface area contributed by atoms with Gasteiger partial charge >= 0.3 is 0 Å². The molecule has 0 radical (unpaired) electrons. The molecule has 0 nitrogen and oxygen atoms in total. The van der Waals surface area contributed by atoms with Crippen LogP contribution in [0.15, 0.2) is 54.6 Å². The highest BCUT2D eigenvalue weighted by atomic mass is 14.5. The Labute approximate surface area is 108 Å². The van der Waals surface area contributed by atoms with Crippen LogP contribution >= 0.6 is 0 Å². The Balaban J connectivity index is 2.01. The van der Waals surface area contributed by atoms with Gasteiger partial charge < -0.3 is 0 Å². The Kier molecular flexibility index (Phi) is 1.89. The summed E-state index contributed by atoms with van der Waals surface area (Å²) in [5, 5.41) is 0. The summed E-state index contributed by atoms with van der Waals surface area (Å²) in [6.45, 7) is 2.39. The molecule has 2 aromatic rings. The van der Waals surface area contributed by atoms with Crippen molar-refractivity contribution >= 4 is 6.08 Å². The molecule has 2 aliphatic carbocycles. The Morgan fingerprint density at radius 3 is 2.56 bits per heavy atom. The molecule has 0 bridgehead atoms. The van der Waals surface area contributed by atoms with Gasteiger partial charge in [0.25, 0.3) is 0 Å². The highest BCUT2D eigenvalue weighted by Gasteiger charge is 2.43. The van der Waals surface area contributed by atoms with E-state index >= 15 is 0 Å². The first-order valence-electron chi connectivity index (χ1n) is 6.64. The van der Waals surface area contributed by atoms with Crippen molar-refractivity contribution in [3.8, 4) is 0 Å². The van der Waals surface area contributed by atoms with Crippen LogP contribution in [0.3, 0.4) is 0 Å². The Hall–Kier alpha value is -1.82. The van der Waals surface area contributed by atoms with Gasteiger partial charge in [0.1, 0.15) is 0 Å². The van der Waals surface area contributed by atoms with Gasteiger partial charge in [-0.25, -0.2) is 0 Å². The highest BCUT2D eigenvalue weighted by Crippen LogP contribution is 2.54. The van der Waals surface area contributed by atoms with Gasteiger partial charge in [0.2, 0.25) is 0 Å². The lowest BCUT2D eigenvalue weighted by Crippen LogP contribution is -2.23. The molecule has 88 valence electrons. The average Bonchev–Trinajstić information content (AvgIpc) is 2.71. The maximum atomic E-state index is 2.42. The van der Waals surface area contributed by atoms with E-state index in [1.165, 1.54) is 28.7 Å². The average molecular weight is 232 g/mol. The molecule has 0 N–H and O–H groups in total. The lowest BCUT2D eigenvalue weighted by molar-refractivity contribution is 0.403. The van der Waals surface area contributed by atoms with Gasteiger partial charge in [-0.05, 0) is 28.7 Å². The van der Waals surface area contributed by atoms with Crippen LogP contribution in [-0.4, -0.2) is 0 Å². The fraction of sp³-hybridized carbons (Fsp3) is 0.222. The quantitative estimate of drug-likeness (QED) is 0.631. The van der Waals surface area contributed by atoms with Gasteiger partial charge in [-0.1, -0.05) is 67.6 Å². The fourth-order valence-electron chi connectivity index (χ4n) is 3.73. The van der Waals surface area contributed by atoms with Gasteiger partial charge in [-0.2, -0.15) is 0 Å². The second-order valence-corrected chi connectivity index (χ2v) is 5.78. The SMILES string of the molecule is CC12C=Cc3ccccc3C1c1ccccc1C2. The minimum absolute atomic E-state index is 0.262. The lowest BCUT2D eigenvalue weighted by Gasteiger charge is -2.34. The van der Waals surface area contributed by atoms with Gasteiger partial charge in [0.05, 0.1) is 0 Å². The summed E-state index contributed by atoms with van der Waals surface area (Å²) in [6, 6.07) is 17.7. The minimum Gasteiger partial charge on any atom is -0.0767 e. The maximum absolute atomic E-state index is 2.42.